The van der Waals surface area contributed by atoms with Crippen molar-refractivity contribution in [1.29, 1.82) is 0 Å². The molecule has 2 heteroatoms. The van der Waals surface area contributed by atoms with Crippen molar-refractivity contribution < 1.29 is 17.8 Å². The quantitative estimate of drug-likeness (QED) is 0.139. The van der Waals surface area contributed by atoms with Gasteiger partial charge in [-0.2, -0.15) is 0 Å². The molecule has 0 atom stereocenters. The Labute approximate surface area is 302 Å². The molecule has 0 N–H and O–H groups in total. The summed E-state index contributed by atoms with van der Waals surface area (Å²) < 4.78 is 118. The number of fused-ring (bicyclic) bond motifs is 7. The minimum Gasteiger partial charge on any atom is -0.296 e. The van der Waals surface area contributed by atoms with Crippen LogP contribution < -0.4 is 0 Å². The lowest BCUT2D eigenvalue weighted by Gasteiger charge is -2.21. The maximum atomic E-state index is 9.58. The Balaban J connectivity index is 1.43. The van der Waals surface area contributed by atoms with Crippen LogP contribution in [0.25, 0.3) is 92.8 Å². The van der Waals surface area contributed by atoms with Crippen molar-refractivity contribution in [2.75, 3.05) is 0 Å². The fraction of sp³-hybridized carbons (Fsp3) is 0.0426. The lowest BCUT2D eigenvalue weighted by molar-refractivity contribution is 0.913. The SMILES string of the molecule is [2H]c1c([2H])c([2H])c2c(-c3cc4ccccc4c4ccccc34)c3c([2H])c([2H])c([2H])c([2H])c3c(-c3ccc(-n4c(C([2H])([2H])C([2H])([2H])[2H])nc5ccccc54)c4ccccc34)c2c1[2H]. The second-order valence-electron chi connectivity index (χ2n) is 12.0. The average Bonchev–Trinajstić information content (AvgIpc) is 3.67. The fourth-order valence-corrected chi connectivity index (χ4v) is 7.47. The summed E-state index contributed by atoms with van der Waals surface area (Å²) in [5.74, 6) is -0.345. The van der Waals surface area contributed by atoms with Gasteiger partial charge in [0.1, 0.15) is 5.82 Å². The number of imidazole rings is 1. The highest BCUT2D eigenvalue weighted by Gasteiger charge is 2.21. The molecule has 10 rings (SSSR count). The van der Waals surface area contributed by atoms with E-state index in [1.54, 1.807) is 60.7 Å². The van der Waals surface area contributed by atoms with E-state index >= 15 is 0 Å². The molecule has 49 heavy (non-hydrogen) atoms. The first kappa shape index (κ1) is 17.8. The normalized spacial score (nSPS) is 16.2. The molecule has 0 aliphatic heterocycles. The van der Waals surface area contributed by atoms with Gasteiger partial charge in [-0.25, -0.2) is 4.98 Å². The molecule has 1 aromatic heterocycles. The predicted molar refractivity (Wildman–Crippen MR) is 209 cm³/mol. The molecule has 0 aliphatic rings. The molecule has 0 bridgehead atoms. The molecule has 0 saturated heterocycles. The van der Waals surface area contributed by atoms with E-state index in [0.717, 1.165) is 21.5 Å². The smallest absolute Gasteiger partial charge is 0.114 e. The number of para-hydroxylation sites is 2. The molecule has 0 amide bonds. The van der Waals surface area contributed by atoms with Gasteiger partial charge in [0.2, 0.25) is 0 Å². The van der Waals surface area contributed by atoms with Crippen molar-refractivity contribution in [3.05, 3.63) is 169 Å². The first-order valence-corrected chi connectivity index (χ1v) is 15.9. The molecule has 0 unspecified atom stereocenters. The molecule has 0 fully saturated rings. The van der Waals surface area contributed by atoms with Crippen LogP contribution >= 0.6 is 0 Å². The van der Waals surface area contributed by atoms with Crippen LogP contribution in [0.4, 0.5) is 0 Å². The van der Waals surface area contributed by atoms with E-state index < -0.39 is 49.5 Å². The van der Waals surface area contributed by atoms with Crippen LogP contribution in [0.1, 0.15) is 30.5 Å². The molecule has 230 valence electrons. The van der Waals surface area contributed by atoms with Gasteiger partial charge in [-0.15, -0.1) is 0 Å². The summed E-state index contributed by atoms with van der Waals surface area (Å²) in [5, 5.41) is 4.55. The number of rotatable bonds is 4. The Hall–Kier alpha value is -6.25. The van der Waals surface area contributed by atoms with Gasteiger partial charge in [0, 0.05) is 18.6 Å². The first-order chi connectivity index (χ1) is 29.5. The first-order valence-electron chi connectivity index (χ1n) is 22.4. The minimum atomic E-state index is -3.09. The van der Waals surface area contributed by atoms with Gasteiger partial charge in [0.05, 0.1) is 27.7 Å². The third-order valence-electron chi connectivity index (χ3n) is 9.50. The number of aromatic nitrogens is 2. The van der Waals surface area contributed by atoms with Gasteiger partial charge in [0.25, 0.3) is 0 Å². The van der Waals surface area contributed by atoms with Gasteiger partial charge >= 0.3 is 0 Å². The summed E-state index contributed by atoms with van der Waals surface area (Å²) in [4.78, 5) is 4.51. The number of nitrogens with zero attached hydrogens (tertiary/aromatic N) is 2. The molecule has 2 nitrogen and oxygen atoms in total. The third kappa shape index (κ3) is 4.11. The van der Waals surface area contributed by atoms with Crippen molar-refractivity contribution in [3.8, 4) is 27.9 Å². The van der Waals surface area contributed by atoms with E-state index in [9.17, 15) is 5.48 Å². The Morgan fingerprint density at radius 2 is 1.10 bits per heavy atom. The van der Waals surface area contributed by atoms with E-state index in [2.05, 4.69) is 4.98 Å². The largest absolute Gasteiger partial charge is 0.296 e. The summed E-state index contributed by atoms with van der Waals surface area (Å²) in [6, 6.07) is 30.8. The van der Waals surface area contributed by atoms with E-state index in [0.29, 0.717) is 38.6 Å². The average molecular weight is 638 g/mol. The summed E-state index contributed by atoms with van der Waals surface area (Å²) >= 11 is 0. The van der Waals surface area contributed by atoms with E-state index in [1.807, 2.05) is 54.6 Å². The second kappa shape index (κ2) is 10.9. The molecular formula is C47H32N2. The van der Waals surface area contributed by atoms with Crippen LogP contribution in [0.15, 0.2) is 164 Å². The van der Waals surface area contributed by atoms with Crippen LogP contribution in [0, 0.1) is 0 Å². The zero-order valence-corrected chi connectivity index (χ0v) is 25.9. The highest BCUT2D eigenvalue weighted by molar-refractivity contribution is 6.27. The highest BCUT2D eigenvalue weighted by Crippen LogP contribution is 2.48. The van der Waals surface area contributed by atoms with Crippen LogP contribution in [-0.2, 0) is 6.37 Å². The van der Waals surface area contributed by atoms with Crippen molar-refractivity contribution >= 4 is 64.9 Å². The van der Waals surface area contributed by atoms with E-state index in [-0.39, 0.29) is 50.6 Å². The number of aryl methyl sites for hydroxylation is 1. The van der Waals surface area contributed by atoms with Gasteiger partial charge in [0.15, 0.2) is 0 Å². The molecule has 1 heterocycles. The molecule has 0 radical (unpaired) electrons. The van der Waals surface area contributed by atoms with E-state index in [1.165, 1.54) is 4.57 Å². The van der Waals surface area contributed by atoms with Crippen LogP contribution in [0.5, 0.6) is 0 Å². The lowest BCUT2D eigenvalue weighted by atomic mass is 9.83. The standard InChI is InChI=1S/C47H32N2/c1-2-45-48-42-25-13-14-26-44(42)49(45)43-28-27-40(34-19-7-8-20-35(34)43)46-36-21-9-11-23-38(36)47(39-24-12-10-22-37(39)46)41-29-30-15-3-4-16-31(30)32-17-5-6-18-33(32)41/h3-29H,2H2,1H3/i1D3,2D2,9D,10D,11D,12D,21D,22D,23D,24D. The zero-order chi connectivity index (χ0) is 43.7. The lowest BCUT2D eigenvalue weighted by Crippen LogP contribution is -2.01. The minimum absolute atomic E-state index is 0.0474. The maximum Gasteiger partial charge on any atom is 0.114 e. The van der Waals surface area contributed by atoms with Crippen molar-refractivity contribution in [2.24, 2.45) is 0 Å². The van der Waals surface area contributed by atoms with Gasteiger partial charge in [-0.05, 0) is 95.0 Å². The van der Waals surface area contributed by atoms with Crippen LogP contribution in [0.3, 0.4) is 0 Å². The monoisotopic (exact) mass is 637 g/mol. The predicted octanol–water partition coefficient (Wildman–Crippen LogP) is 12.7. The maximum absolute atomic E-state index is 9.58. The number of hydrogen-bond donors (Lipinski definition) is 0. The molecule has 0 aliphatic carbocycles. The van der Waals surface area contributed by atoms with Crippen molar-refractivity contribution in [3.63, 3.8) is 0 Å². The van der Waals surface area contributed by atoms with Crippen LogP contribution in [-0.4, -0.2) is 9.55 Å². The fourth-order valence-electron chi connectivity index (χ4n) is 7.47. The van der Waals surface area contributed by atoms with Crippen LogP contribution in [0.2, 0.25) is 0 Å². The molecule has 0 spiro atoms. The third-order valence-corrected chi connectivity index (χ3v) is 9.50. The topological polar surface area (TPSA) is 17.8 Å². The Kier molecular flexibility index (Phi) is 3.95. The Bertz CT molecular complexity index is 3510. The summed E-state index contributed by atoms with van der Waals surface area (Å²) in [5.41, 5.74) is 2.47. The zero-order valence-electron chi connectivity index (χ0n) is 38.9. The summed E-state index contributed by atoms with van der Waals surface area (Å²) in [6.07, 6.45) is -2.90. The molecule has 9 aromatic carbocycles. The van der Waals surface area contributed by atoms with Gasteiger partial charge in [-0.1, -0.05) is 146 Å². The van der Waals surface area contributed by atoms with E-state index in [4.69, 9.17) is 12.3 Å². The number of hydrogen-bond acceptors (Lipinski definition) is 1. The molecular weight excluding hydrogens is 593 g/mol. The van der Waals surface area contributed by atoms with Crippen molar-refractivity contribution in [2.45, 2.75) is 13.2 Å². The Morgan fingerprint density at radius 1 is 0.551 bits per heavy atom. The Morgan fingerprint density at radius 3 is 1.80 bits per heavy atom. The summed E-state index contributed by atoms with van der Waals surface area (Å²) in [6.45, 7) is -3.09. The summed E-state index contributed by atoms with van der Waals surface area (Å²) in [7, 11) is 0. The molecule has 0 saturated carbocycles. The second-order valence-corrected chi connectivity index (χ2v) is 12.0. The molecule has 10 aromatic rings. The van der Waals surface area contributed by atoms with Crippen molar-refractivity contribution in [1.82, 2.24) is 9.55 Å². The van der Waals surface area contributed by atoms with Gasteiger partial charge in [-0.3, -0.25) is 4.57 Å². The number of benzene rings is 9. The van der Waals surface area contributed by atoms with Gasteiger partial charge < -0.3 is 0 Å². The highest BCUT2D eigenvalue weighted by atomic mass is 15.1.